The minimum absolute atomic E-state index is 3.63. The van der Waals surface area contributed by atoms with Gasteiger partial charge in [0.2, 0.25) is 0 Å². The van der Waals surface area contributed by atoms with Gasteiger partial charge in [-0.3, -0.25) is 0 Å². The van der Waals surface area contributed by atoms with Gasteiger partial charge < -0.3 is 28.1 Å². The van der Waals surface area contributed by atoms with Crippen LogP contribution in [0.25, 0.3) is 0 Å². The van der Waals surface area contributed by atoms with Gasteiger partial charge in [0.1, 0.15) is 0 Å². The molecule has 0 aliphatic heterocycles. The van der Waals surface area contributed by atoms with Crippen LogP contribution in [-0.2, 0) is 8.92 Å². The lowest BCUT2D eigenvalue weighted by atomic mass is 15.8. The quantitative estimate of drug-likeness (QED) is 0.318. The van der Waals surface area contributed by atoms with E-state index in [0.717, 1.165) is 0 Å². The van der Waals surface area contributed by atoms with Crippen LogP contribution in [0.1, 0.15) is 0 Å². The summed E-state index contributed by atoms with van der Waals surface area (Å²) in [6.45, 7) is 0. The van der Waals surface area contributed by atoms with Crippen molar-refractivity contribution < 1.29 is 28.1 Å². The first-order valence-electron chi connectivity index (χ1n) is 1.22. The van der Waals surface area contributed by atoms with Crippen LogP contribution in [-0.4, -0.2) is 18.3 Å². The highest BCUT2D eigenvalue weighted by molar-refractivity contribution is 6.17. The topological polar surface area (TPSA) is 126 Å². The van der Waals surface area contributed by atoms with Crippen molar-refractivity contribution in [3.05, 3.63) is 0 Å². The Bertz CT molecular complexity index is 64.5. The van der Waals surface area contributed by atoms with E-state index in [4.69, 9.17) is 28.1 Å². The zero-order chi connectivity index (χ0) is 7.15. The Morgan fingerprint density at radius 2 is 0.750 bits per heavy atom. The summed E-state index contributed by atoms with van der Waals surface area (Å²) >= 11 is 0. The van der Waals surface area contributed by atoms with Crippen molar-refractivity contribution in [2.24, 2.45) is 0 Å². The molecule has 0 saturated carbocycles. The van der Waals surface area contributed by atoms with Gasteiger partial charge in [-0.2, -0.15) is 0 Å². The van der Waals surface area contributed by atoms with Gasteiger partial charge >= 0.3 is 0 Å². The first-order valence-corrected chi connectivity index (χ1v) is 3.67. The molecule has 0 spiro atoms. The Balaban J connectivity index is 0. The summed E-state index contributed by atoms with van der Waals surface area (Å²) in [7, 11) is -7.26. The fourth-order valence-corrected chi connectivity index (χ4v) is 0. The summed E-state index contributed by atoms with van der Waals surface area (Å²) in [5.41, 5.74) is 0. The minimum atomic E-state index is -3.63. The van der Waals surface area contributed by atoms with Gasteiger partial charge in [-0.15, -0.1) is 0 Å². The maximum atomic E-state index is 8.52. The Kier molecular flexibility index (Phi) is 8.00. The molecule has 0 aromatic rings. The van der Waals surface area contributed by atoms with Crippen molar-refractivity contribution >= 4 is 18.3 Å². The van der Waals surface area contributed by atoms with Crippen molar-refractivity contribution in [3.8, 4) is 0 Å². The molecule has 6 nitrogen and oxygen atoms in total. The van der Waals surface area contributed by atoms with Gasteiger partial charge in [-0.05, 0) is 0 Å². The van der Waals surface area contributed by atoms with Gasteiger partial charge in [0.15, 0.2) is 0 Å². The van der Waals surface area contributed by atoms with Crippen molar-refractivity contribution in [1.29, 1.82) is 0 Å². The minimum Gasteiger partial charge on any atom is -0.672 e. The van der Waals surface area contributed by atoms with Crippen molar-refractivity contribution in [1.82, 2.24) is 0 Å². The summed E-state index contributed by atoms with van der Waals surface area (Å²) in [6.07, 6.45) is 0. The lowest BCUT2D eigenvalue weighted by Crippen LogP contribution is -2.34. The Morgan fingerprint density at radius 3 is 0.750 bits per heavy atom. The van der Waals surface area contributed by atoms with Crippen LogP contribution < -0.4 is 19.2 Å². The van der Waals surface area contributed by atoms with Crippen LogP contribution >= 0.6 is 0 Å². The molecule has 0 N–H and O–H groups in total. The zero-order valence-electron chi connectivity index (χ0n) is 3.45. The molecule has 0 atom stereocenters. The Labute approximate surface area is 47.5 Å². The fraction of sp³-hybridized carbons (Fsp3) is 0. The van der Waals surface area contributed by atoms with E-state index in [1.807, 2.05) is 0 Å². The molecular formula is O6Si2-4. The van der Waals surface area contributed by atoms with Crippen LogP contribution in [0.3, 0.4) is 0 Å². The Morgan fingerprint density at radius 1 is 0.750 bits per heavy atom. The van der Waals surface area contributed by atoms with Crippen LogP contribution in [0.2, 0.25) is 0 Å². The molecule has 0 aliphatic rings. The van der Waals surface area contributed by atoms with Gasteiger partial charge in [0.25, 0.3) is 0 Å². The van der Waals surface area contributed by atoms with Crippen molar-refractivity contribution in [2.75, 3.05) is 0 Å². The lowest BCUT2D eigenvalue weighted by molar-refractivity contribution is -0.356. The second kappa shape index (κ2) is 6.23. The lowest BCUT2D eigenvalue weighted by Gasteiger charge is -1.95. The summed E-state index contributed by atoms with van der Waals surface area (Å²) in [5, 5.41) is 0. The van der Waals surface area contributed by atoms with Gasteiger partial charge in [0.05, 0.1) is 0 Å². The number of hydrogen-bond acceptors (Lipinski definition) is 6. The molecule has 0 aromatic carbocycles. The molecule has 0 rings (SSSR count). The molecule has 0 saturated heterocycles. The largest absolute Gasteiger partial charge is 0.672 e. The third-order valence-corrected chi connectivity index (χ3v) is 0. The molecule has 0 bridgehead atoms. The fourth-order valence-electron chi connectivity index (χ4n) is 0. The first-order chi connectivity index (χ1) is 3.46. The summed E-state index contributed by atoms with van der Waals surface area (Å²) in [5.74, 6) is 0. The second-order valence-electron chi connectivity index (χ2n) is 0.500. The van der Waals surface area contributed by atoms with E-state index in [2.05, 4.69) is 0 Å². The van der Waals surface area contributed by atoms with E-state index < -0.39 is 18.3 Å². The van der Waals surface area contributed by atoms with E-state index in [-0.39, 0.29) is 0 Å². The van der Waals surface area contributed by atoms with E-state index in [1.54, 1.807) is 0 Å². The third kappa shape index (κ3) is 160. The van der Waals surface area contributed by atoms with Crippen LogP contribution in [0, 0.1) is 0 Å². The van der Waals surface area contributed by atoms with Gasteiger partial charge in [-0.25, -0.2) is 0 Å². The molecular weight excluding hydrogens is 152 g/mol. The monoisotopic (exact) mass is 152 g/mol. The zero-order valence-corrected chi connectivity index (χ0v) is 5.45. The van der Waals surface area contributed by atoms with Crippen LogP contribution in [0.15, 0.2) is 0 Å². The van der Waals surface area contributed by atoms with Crippen molar-refractivity contribution in [3.63, 3.8) is 0 Å². The maximum absolute atomic E-state index is 8.52. The summed E-state index contributed by atoms with van der Waals surface area (Å²) < 4.78 is 17.0. The SMILES string of the molecule is O=[Si]([O-])[O-].O=[Si]([O-])[O-]. The number of rotatable bonds is 0. The second-order valence-corrected chi connectivity index (χ2v) is 1.50. The molecule has 8 heavy (non-hydrogen) atoms. The molecule has 0 unspecified atom stereocenters. The van der Waals surface area contributed by atoms with E-state index >= 15 is 0 Å². The summed E-state index contributed by atoms with van der Waals surface area (Å²) in [4.78, 5) is 34.1. The predicted octanol–water partition coefficient (Wildman–Crippen LogP) is -5.76. The average molecular weight is 152 g/mol. The average Bonchev–Trinajstić information content (AvgIpc) is 1.25. The summed E-state index contributed by atoms with van der Waals surface area (Å²) in [6, 6.07) is 0. The predicted molar refractivity (Wildman–Crippen MR) is 12.9 cm³/mol. The molecule has 0 aliphatic carbocycles. The normalized spacial score (nSPS) is 6.00. The highest BCUT2D eigenvalue weighted by Gasteiger charge is 1.29. The standard InChI is InChI=1S/2O3Si/c2*1-4(2)3/q2*-2. The van der Waals surface area contributed by atoms with Crippen LogP contribution in [0.5, 0.6) is 0 Å². The van der Waals surface area contributed by atoms with Crippen molar-refractivity contribution in [2.45, 2.75) is 0 Å². The van der Waals surface area contributed by atoms with E-state index in [9.17, 15) is 0 Å². The molecule has 0 heterocycles. The van der Waals surface area contributed by atoms with E-state index in [0.29, 0.717) is 0 Å². The van der Waals surface area contributed by atoms with E-state index in [1.165, 1.54) is 0 Å². The molecule has 0 amide bonds. The van der Waals surface area contributed by atoms with Gasteiger partial charge in [-0.1, -0.05) is 0 Å². The number of hydrogen-bond donors (Lipinski definition) is 0. The first kappa shape index (κ1) is 10.3. The maximum Gasteiger partial charge on any atom is 0.0172 e. The molecule has 48 valence electrons. The smallest absolute Gasteiger partial charge is 0.0172 e. The van der Waals surface area contributed by atoms with Crippen LogP contribution in [0.4, 0.5) is 0 Å². The molecule has 0 radical (unpaired) electrons. The molecule has 8 heteroatoms. The van der Waals surface area contributed by atoms with Gasteiger partial charge in [0, 0.05) is 18.3 Å². The molecule has 0 fully saturated rings. The Hall–Kier alpha value is -0.766. The molecule has 0 aromatic heterocycles. The highest BCUT2D eigenvalue weighted by Crippen LogP contribution is 0.993. The third-order valence-electron chi connectivity index (χ3n) is 0. The highest BCUT2D eigenvalue weighted by atomic mass is 28.3.